The first kappa shape index (κ1) is 12.4. The first-order valence-electron chi connectivity index (χ1n) is 6.62. The van der Waals surface area contributed by atoms with E-state index in [0.29, 0.717) is 5.41 Å². The molecule has 0 unspecified atom stereocenters. The summed E-state index contributed by atoms with van der Waals surface area (Å²) < 4.78 is 0. The Kier molecular flexibility index (Phi) is 3.72. The van der Waals surface area contributed by atoms with E-state index >= 15 is 0 Å². The molecule has 2 N–H and O–H groups in total. The van der Waals surface area contributed by atoms with Crippen molar-refractivity contribution in [2.45, 2.75) is 33.1 Å². The molecule has 0 aromatic heterocycles. The lowest BCUT2D eigenvalue weighted by Crippen LogP contribution is -2.24. The molecule has 0 atom stereocenters. The smallest absolute Gasteiger partial charge is 0.0314 e. The monoisotopic (exact) mass is 232 g/mol. The number of hydrogen-bond acceptors (Lipinski definition) is 2. The summed E-state index contributed by atoms with van der Waals surface area (Å²) in [6.45, 7) is 8.50. The Morgan fingerprint density at radius 2 is 1.94 bits per heavy atom. The van der Waals surface area contributed by atoms with Crippen LogP contribution >= 0.6 is 0 Å². The zero-order chi connectivity index (χ0) is 12.3. The topological polar surface area (TPSA) is 29.3 Å². The zero-order valence-electron chi connectivity index (χ0n) is 11.1. The van der Waals surface area contributed by atoms with Crippen molar-refractivity contribution >= 4 is 5.69 Å². The highest BCUT2D eigenvalue weighted by Gasteiger charge is 2.28. The molecule has 1 aliphatic rings. The van der Waals surface area contributed by atoms with Crippen LogP contribution in [0.1, 0.15) is 32.3 Å². The summed E-state index contributed by atoms with van der Waals surface area (Å²) in [6.07, 6.45) is 3.76. The van der Waals surface area contributed by atoms with Crippen LogP contribution in [0.25, 0.3) is 0 Å². The highest BCUT2D eigenvalue weighted by atomic mass is 15.1. The normalized spacial score (nSPS) is 19.6. The van der Waals surface area contributed by atoms with Gasteiger partial charge in [0, 0.05) is 12.2 Å². The SMILES string of the molecule is CC1(C)CCN(CCCc2ccc(N)cc2)C1. The van der Waals surface area contributed by atoms with Crippen LogP contribution in [0.4, 0.5) is 5.69 Å². The maximum Gasteiger partial charge on any atom is 0.0314 e. The molecule has 1 aromatic carbocycles. The summed E-state index contributed by atoms with van der Waals surface area (Å²) in [5.41, 5.74) is 8.46. The molecule has 0 saturated carbocycles. The molecule has 0 aliphatic carbocycles. The third-order valence-electron chi connectivity index (χ3n) is 3.68. The Bertz CT molecular complexity index is 354. The number of nitrogen functional groups attached to an aromatic ring is 1. The predicted octanol–water partition coefficient (Wildman–Crippen LogP) is 2.93. The van der Waals surface area contributed by atoms with Crippen LogP contribution in [0.3, 0.4) is 0 Å². The number of rotatable bonds is 4. The molecular weight excluding hydrogens is 208 g/mol. The Labute approximate surface area is 105 Å². The van der Waals surface area contributed by atoms with Crippen molar-refractivity contribution in [1.82, 2.24) is 4.90 Å². The van der Waals surface area contributed by atoms with Gasteiger partial charge in [-0.25, -0.2) is 0 Å². The fraction of sp³-hybridized carbons (Fsp3) is 0.600. The fourth-order valence-corrected chi connectivity index (χ4v) is 2.61. The lowest BCUT2D eigenvalue weighted by Gasteiger charge is -2.19. The molecule has 94 valence electrons. The lowest BCUT2D eigenvalue weighted by atomic mass is 9.93. The van der Waals surface area contributed by atoms with Gasteiger partial charge in [0.15, 0.2) is 0 Å². The maximum atomic E-state index is 5.68. The molecule has 1 fully saturated rings. The maximum absolute atomic E-state index is 5.68. The van der Waals surface area contributed by atoms with Gasteiger partial charge in [0.2, 0.25) is 0 Å². The number of nitrogens with two attached hydrogens (primary N) is 1. The zero-order valence-corrected chi connectivity index (χ0v) is 11.1. The summed E-state index contributed by atoms with van der Waals surface area (Å²) in [6, 6.07) is 8.27. The second-order valence-corrected chi connectivity index (χ2v) is 6.04. The standard InChI is InChI=1S/C15H24N2/c1-15(2)9-11-17(12-15)10-3-4-13-5-7-14(16)8-6-13/h5-8H,3-4,9-12,16H2,1-2H3. The molecule has 2 heteroatoms. The molecule has 2 nitrogen and oxygen atoms in total. The molecule has 0 spiro atoms. The molecule has 17 heavy (non-hydrogen) atoms. The minimum Gasteiger partial charge on any atom is -0.399 e. The molecule has 0 bridgehead atoms. The number of anilines is 1. The van der Waals surface area contributed by atoms with Crippen LogP contribution < -0.4 is 5.73 Å². The first-order chi connectivity index (χ1) is 8.05. The van der Waals surface area contributed by atoms with Crippen LogP contribution in [-0.4, -0.2) is 24.5 Å². The lowest BCUT2D eigenvalue weighted by molar-refractivity contribution is 0.288. The van der Waals surface area contributed by atoms with Gasteiger partial charge in [0.05, 0.1) is 0 Å². The Morgan fingerprint density at radius 1 is 1.24 bits per heavy atom. The summed E-state index contributed by atoms with van der Waals surface area (Å²) >= 11 is 0. The van der Waals surface area contributed by atoms with Gasteiger partial charge in [-0.1, -0.05) is 26.0 Å². The van der Waals surface area contributed by atoms with Crippen LogP contribution in [0, 0.1) is 5.41 Å². The molecule has 0 amide bonds. The number of nitrogens with zero attached hydrogens (tertiary/aromatic N) is 1. The average molecular weight is 232 g/mol. The molecular formula is C15H24N2. The molecule has 0 radical (unpaired) electrons. The summed E-state index contributed by atoms with van der Waals surface area (Å²) in [4.78, 5) is 2.59. The van der Waals surface area contributed by atoms with E-state index in [1.165, 1.54) is 38.0 Å². The van der Waals surface area contributed by atoms with Gasteiger partial charge in [0.25, 0.3) is 0 Å². The largest absolute Gasteiger partial charge is 0.399 e. The van der Waals surface area contributed by atoms with Crippen molar-refractivity contribution in [2.24, 2.45) is 5.41 Å². The van der Waals surface area contributed by atoms with Gasteiger partial charge in [-0.15, -0.1) is 0 Å². The van der Waals surface area contributed by atoms with Crippen molar-refractivity contribution in [1.29, 1.82) is 0 Å². The molecule has 1 aromatic rings. The van der Waals surface area contributed by atoms with Crippen LogP contribution in [0.2, 0.25) is 0 Å². The molecule has 2 rings (SSSR count). The summed E-state index contributed by atoms with van der Waals surface area (Å²) in [7, 11) is 0. The fourth-order valence-electron chi connectivity index (χ4n) is 2.61. The first-order valence-corrected chi connectivity index (χ1v) is 6.62. The van der Waals surface area contributed by atoms with Crippen molar-refractivity contribution in [3.8, 4) is 0 Å². The van der Waals surface area contributed by atoms with Crippen molar-refractivity contribution < 1.29 is 0 Å². The second-order valence-electron chi connectivity index (χ2n) is 6.04. The van der Waals surface area contributed by atoms with E-state index in [0.717, 1.165) is 12.1 Å². The van der Waals surface area contributed by atoms with Crippen molar-refractivity contribution in [2.75, 3.05) is 25.4 Å². The third-order valence-corrected chi connectivity index (χ3v) is 3.68. The second kappa shape index (κ2) is 5.09. The Balaban J connectivity index is 1.71. The van der Waals surface area contributed by atoms with Gasteiger partial charge in [-0.2, -0.15) is 0 Å². The van der Waals surface area contributed by atoms with E-state index in [9.17, 15) is 0 Å². The minimum atomic E-state index is 0.529. The highest BCUT2D eigenvalue weighted by Crippen LogP contribution is 2.28. The molecule has 1 heterocycles. The van der Waals surface area contributed by atoms with Crippen LogP contribution in [0.15, 0.2) is 24.3 Å². The molecule has 1 saturated heterocycles. The van der Waals surface area contributed by atoms with E-state index in [4.69, 9.17) is 5.73 Å². The average Bonchev–Trinajstić information content (AvgIpc) is 2.61. The Morgan fingerprint density at radius 3 is 2.53 bits per heavy atom. The van der Waals surface area contributed by atoms with Crippen LogP contribution in [-0.2, 0) is 6.42 Å². The summed E-state index contributed by atoms with van der Waals surface area (Å²) in [5.74, 6) is 0. The van der Waals surface area contributed by atoms with Gasteiger partial charge < -0.3 is 10.6 Å². The van der Waals surface area contributed by atoms with Crippen LogP contribution in [0.5, 0.6) is 0 Å². The van der Waals surface area contributed by atoms with E-state index < -0.39 is 0 Å². The van der Waals surface area contributed by atoms with Gasteiger partial charge >= 0.3 is 0 Å². The van der Waals surface area contributed by atoms with Gasteiger partial charge in [-0.3, -0.25) is 0 Å². The van der Waals surface area contributed by atoms with E-state index in [1.54, 1.807) is 0 Å². The van der Waals surface area contributed by atoms with Crippen molar-refractivity contribution in [3.63, 3.8) is 0 Å². The van der Waals surface area contributed by atoms with Crippen molar-refractivity contribution in [3.05, 3.63) is 29.8 Å². The van der Waals surface area contributed by atoms with E-state index in [1.807, 2.05) is 12.1 Å². The quantitative estimate of drug-likeness (QED) is 0.809. The third kappa shape index (κ3) is 3.74. The number of aryl methyl sites for hydroxylation is 1. The van der Waals surface area contributed by atoms with Gasteiger partial charge in [0.1, 0.15) is 0 Å². The summed E-state index contributed by atoms with van der Waals surface area (Å²) in [5, 5.41) is 0. The minimum absolute atomic E-state index is 0.529. The Hall–Kier alpha value is -1.02. The van der Waals surface area contributed by atoms with E-state index in [2.05, 4.69) is 30.9 Å². The van der Waals surface area contributed by atoms with Gasteiger partial charge in [-0.05, 0) is 55.5 Å². The number of benzene rings is 1. The number of hydrogen-bond donors (Lipinski definition) is 1. The number of likely N-dealkylation sites (tertiary alicyclic amines) is 1. The van der Waals surface area contributed by atoms with E-state index in [-0.39, 0.29) is 0 Å². The predicted molar refractivity (Wildman–Crippen MR) is 74.0 cm³/mol. The molecule has 1 aliphatic heterocycles. The highest BCUT2D eigenvalue weighted by molar-refractivity contribution is 5.39.